The van der Waals surface area contributed by atoms with Gasteiger partial charge in [-0.25, -0.2) is 0 Å². The van der Waals surface area contributed by atoms with E-state index < -0.39 is 0 Å². The Labute approximate surface area is 59.6 Å². The Hall–Kier alpha value is 1.09. The van der Waals surface area contributed by atoms with Gasteiger partial charge in [0.2, 0.25) is 0 Å². The van der Waals surface area contributed by atoms with Crippen molar-refractivity contribution in [3.8, 4) is 0 Å². The molecule has 1 radical (unpaired) electrons. The van der Waals surface area contributed by atoms with Gasteiger partial charge in [-0.2, -0.15) is 0 Å². The predicted molar refractivity (Wildman–Crippen MR) is 29.8 cm³/mol. The molecule has 0 nitrogen and oxygen atoms in total. The summed E-state index contributed by atoms with van der Waals surface area (Å²) in [5.74, 6) is 2.63. The second-order valence-electron chi connectivity index (χ2n) is 0.856. The van der Waals surface area contributed by atoms with E-state index in [0.29, 0.717) is 0 Å². The SMILES string of the molecule is CC[SH+]CC.[Ag]. The Morgan fingerprint density at radius 3 is 1.50 bits per heavy atom. The fourth-order valence-corrected chi connectivity index (χ4v) is 0.671. The van der Waals surface area contributed by atoms with E-state index in [1.165, 1.54) is 11.5 Å². The van der Waals surface area contributed by atoms with Crippen molar-refractivity contribution in [3.05, 3.63) is 0 Å². The van der Waals surface area contributed by atoms with Crippen molar-refractivity contribution in [1.82, 2.24) is 0 Å². The maximum absolute atomic E-state index is 2.20. The molecule has 0 aliphatic rings. The Balaban J connectivity index is 0. The van der Waals surface area contributed by atoms with Crippen LogP contribution in [0.4, 0.5) is 0 Å². The van der Waals surface area contributed by atoms with E-state index in [9.17, 15) is 0 Å². The van der Waals surface area contributed by atoms with Gasteiger partial charge in [-0.3, -0.25) is 0 Å². The molecule has 2 heteroatoms. The molecule has 0 saturated carbocycles. The molecule has 0 aromatic carbocycles. The minimum absolute atomic E-state index is 0. The predicted octanol–water partition coefficient (Wildman–Crippen LogP) is 0.839. The average molecular weight is 199 g/mol. The van der Waals surface area contributed by atoms with E-state index in [2.05, 4.69) is 13.8 Å². The van der Waals surface area contributed by atoms with Gasteiger partial charge in [0.1, 0.15) is 11.5 Å². The Kier molecular flexibility index (Phi) is 16.0. The van der Waals surface area contributed by atoms with Gasteiger partial charge in [-0.05, 0) is 25.6 Å². The molecule has 0 aliphatic carbocycles. The van der Waals surface area contributed by atoms with E-state index >= 15 is 0 Å². The first kappa shape index (κ1) is 10.1. The van der Waals surface area contributed by atoms with Crippen molar-refractivity contribution in [3.63, 3.8) is 0 Å². The van der Waals surface area contributed by atoms with E-state index in [1.807, 2.05) is 0 Å². The van der Waals surface area contributed by atoms with Crippen LogP contribution < -0.4 is 0 Å². The molecule has 0 aromatic heterocycles. The molecule has 0 heterocycles. The Morgan fingerprint density at radius 1 is 1.17 bits per heavy atom. The van der Waals surface area contributed by atoms with Gasteiger partial charge >= 0.3 is 0 Å². The standard InChI is InChI=1S/C4H10S.Ag/c1-3-5-4-2;/h3-4H2,1-2H3;/p+1. The van der Waals surface area contributed by atoms with Crippen molar-refractivity contribution in [2.24, 2.45) is 0 Å². The second kappa shape index (κ2) is 9.43. The van der Waals surface area contributed by atoms with Crippen molar-refractivity contribution >= 4 is 11.8 Å². The minimum atomic E-state index is 0. The summed E-state index contributed by atoms with van der Waals surface area (Å²) in [5.41, 5.74) is 0. The smallest absolute Gasteiger partial charge is 0.0282 e. The van der Waals surface area contributed by atoms with Crippen LogP contribution in [-0.4, -0.2) is 11.5 Å². The van der Waals surface area contributed by atoms with Crippen LogP contribution in [0.15, 0.2) is 0 Å². The van der Waals surface area contributed by atoms with E-state index in [-0.39, 0.29) is 22.4 Å². The molecule has 0 N–H and O–H groups in total. The van der Waals surface area contributed by atoms with Crippen LogP contribution in [0.25, 0.3) is 0 Å². The normalized spacial score (nSPS) is 7.00. The molecule has 0 spiro atoms. The Morgan fingerprint density at radius 2 is 1.50 bits per heavy atom. The van der Waals surface area contributed by atoms with Crippen LogP contribution in [-0.2, 0) is 34.1 Å². The minimum Gasteiger partial charge on any atom is -0.0282 e. The van der Waals surface area contributed by atoms with Gasteiger partial charge in [0.25, 0.3) is 0 Å². The van der Waals surface area contributed by atoms with E-state index in [0.717, 1.165) is 0 Å². The molecule has 0 aliphatic heterocycles. The third-order valence-electron chi connectivity index (χ3n) is 0.447. The van der Waals surface area contributed by atoms with Crippen LogP contribution >= 0.6 is 0 Å². The van der Waals surface area contributed by atoms with Crippen molar-refractivity contribution in [2.75, 3.05) is 11.5 Å². The summed E-state index contributed by atoms with van der Waals surface area (Å²) in [7, 11) is 0. The van der Waals surface area contributed by atoms with Gasteiger partial charge < -0.3 is 0 Å². The Bertz CT molecular complexity index is 15.0. The molecule has 43 valence electrons. The van der Waals surface area contributed by atoms with Gasteiger partial charge in [-0.15, -0.1) is 0 Å². The molecule has 6 heavy (non-hydrogen) atoms. The number of hydrogen-bond donors (Lipinski definition) is 0. The number of hydrogen-bond acceptors (Lipinski definition) is 0. The summed E-state index contributed by atoms with van der Waals surface area (Å²) >= 11 is 1.58. The second-order valence-corrected chi connectivity index (χ2v) is 2.57. The molecule has 0 amide bonds. The zero-order valence-corrected chi connectivity index (χ0v) is 6.54. The van der Waals surface area contributed by atoms with Crippen molar-refractivity contribution in [1.29, 1.82) is 0 Å². The van der Waals surface area contributed by atoms with Crippen LogP contribution in [0.2, 0.25) is 0 Å². The van der Waals surface area contributed by atoms with E-state index in [4.69, 9.17) is 0 Å². The summed E-state index contributed by atoms with van der Waals surface area (Å²) in [6, 6.07) is 0. The number of rotatable bonds is 2. The fraction of sp³-hybridized carbons (Fsp3) is 1.00. The summed E-state index contributed by atoms with van der Waals surface area (Å²) in [4.78, 5) is 0. The van der Waals surface area contributed by atoms with Gasteiger partial charge in [0.05, 0.1) is 0 Å². The summed E-state index contributed by atoms with van der Waals surface area (Å²) in [6.07, 6.45) is 0. The maximum atomic E-state index is 2.20. The molecule has 0 fully saturated rings. The zero-order valence-electron chi connectivity index (χ0n) is 4.16. The van der Waals surface area contributed by atoms with E-state index in [1.54, 1.807) is 11.8 Å². The summed E-state index contributed by atoms with van der Waals surface area (Å²) in [5, 5.41) is 0. The van der Waals surface area contributed by atoms with Gasteiger partial charge in [-0.1, -0.05) is 0 Å². The summed E-state index contributed by atoms with van der Waals surface area (Å²) in [6.45, 7) is 4.40. The molecule has 0 saturated heterocycles. The zero-order chi connectivity index (χ0) is 4.12. The van der Waals surface area contributed by atoms with Crippen LogP contribution in [0.1, 0.15) is 13.8 Å². The number of thiol groups is 1. The third kappa shape index (κ3) is 8.92. The largest absolute Gasteiger partial charge is 0.103 e. The third-order valence-corrected chi connectivity index (χ3v) is 1.34. The molecule has 0 aromatic rings. The molecule has 0 rings (SSSR count). The monoisotopic (exact) mass is 198 g/mol. The summed E-state index contributed by atoms with van der Waals surface area (Å²) < 4.78 is 0. The van der Waals surface area contributed by atoms with Gasteiger partial charge in [0, 0.05) is 22.4 Å². The molecule has 0 unspecified atom stereocenters. The molecule has 0 bridgehead atoms. The molecular weight excluding hydrogens is 188 g/mol. The quantitative estimate of drug-likeness (QED) is 0.351. The first-order valence-electron chi connectivity index (χ1n) is 2.05. The van der Waals surface area contributed by atoms with Crippen LogP contribution in [0.3, 0.4) is 0 Å². The maximum Gasteiger partial charge on any atom is 0.103 e. The molecular formula is C4H11AgS+. The van der Waals surface area contributed by atoms with Crippen LogP contribution in [0, 0.1) is 0 Å². The van der Waals surface area contributed by atoms with Crippen molar-refractivity contribution < 1.29 is 22.4 Å². The fourth-order valence-electron chi connectivity index (χ4n) is 0.224. The van der Waals surface area contributed by atoms with Crippen molar-refractivity contribution in [2.45, 2.75) is 13.8 Å². The first-order valence-corrected chi connectivity index (χ1v) is 3.31. The molecule has 0 atom stereocenters. The van der Waals surface area contributed by atoms with Gasteiger partial charge in [0.15, 0.2) is 0 Å². The topological polar surface area (TPSA) is 0 Å². The average Bonchev–Trinajstić information content (AvgIpc) is 1.41. The first-order chi connectivity index (χ1) is 2.41. The van der Waals surface area contributed by atoms with Crippen LogP contribution in [0.5, 0.6) is 0 Å².